The topological polar surface area (TPSA) is 64.3 Å². The first kappa shape index (κ1) is 11.9. The Morgan fingerprint density at radius 3 is 2.62 bits per heavy atom. The van der Waals surface area contributed by atoms with Crippen molar-refractivity contribution >= 4 is 5.97 Å². The van der Waals surface area contributed by atoms with E-state index in [1.165, 1.54) is 0 Å². The fourth-order valence-electron chi connectivity index (χ4n) is 2.78. The van der Waals surface area contributed by atoms with E-state index in [4.69, 9.17) is 10.5 Å². The molecule has 2 aliphatic heterocycles. The number of hydrogen-bond acceptors (Lipinski definition) is 4. The van der Waals surface area contributed by atoms with Crippen molar-refractivity contribution in [1.29, 1.82) is 0 Å². The van der Waals surface area contributed by atoms with Crippen LogP contribution in [0.25, 0.3) is 0 Å². The highest BCUT2D eigenvalue weighted by molar-refractivity contribution is 5.74. The molecule has 16 heavy (non-hydrogen) atoms. The maximum absolute atomic E-state index is 12.0. The van der Waals surface area contributed by atoms with Crippen LogP contribution in [0.2, 0.25) is 0 Å². The summed E-state index contributed by atoms with van der Waals surface area (Å²) in [7, 11) is 0. The van der Waals surface area contributed by atoms with Crippen LogP contribution in [0, 0.1) is 5.92 Å². The fourth-order valence-corrected chi connectivity index (χ4v) is 2.78. The van der Waals surface area contributed by atoms with Crippen molar-refractivity contribution in [2.75, 3.05) is 0 Å². The van der Waals surface area contributed by atoms with Gasteiger partial charge in [-0.1, -0.05) is 0 Å². The first-order valence-corrected chi connectivity index (χ1v) is 6.09. The number of rotatable bonds is 1. The van der Waals surface area contributed by atoms with Gasteiger partial charge in [0.25, 0.3) is 0 Å². The molecular formula is C12H22N2O2. The summed E-state index contributed by atoms with van der Waals surface area (Å²) in [5.74, 6) is -0.0700. The Bertz CT molecular complexity index is 285. The minimum absolute atomic E-state index is 0.00206. The van der Waals surface area contributed by atoms with Gasteiger partial charge in [-0.15, -0.1) is 0 Å². The predicted molar refractivity (Wildman–Crippen MR) is 61.9 cm³/mol. The maximum atomic E-state index is 12.0. The second-order valence-corrected chi connectivity index (χ2v) is 6.08. The molecule has 4 atom stereocenters. The number of carbonyl (C=O) groups excluding carboxylic acids is 1. The van der Waals surface area contributed by atoms with Crippen molar-refractivity contribution in [2.24, 2.45) is 11.7 Å². The molecule has 0 aromatic rings. The third kappa shape index (κ3) is 2.55. The van der Waals surface area contributed by atoms with Crippen LogP contribution < -0.4 is 11.1 Å². The zero-order valence-electron chi connectivity index (χ0n) is 10.3. The highest BCUT2D eigenvalue weighted by atomic mass is 16.6. The third-order valence-electron chi connectivity index (χ3n) is 3.33. The van der Waals surface area contributed by atoms with Crippen LogP contribution >= 0.6 is 0 Å². The van der Waals surface area contributed by atoms with E-state index in [2.05, 4.69) is 5.32 Å². The second-order valence-electron chi connectivity index (χ2n) is 6.08. The molecule has 92 valence electrons. The molecule has 0 saturated carbocycles. The van der Waals surface area contributed by atoms with E-state index < -0.39 is 5.60 Å². The predicted octanol–water partition coefficient (Wildman–Crippen LogP) is 0.796. The number of esters is 1. The number of piperidine rings is 1. The summed E-state index contributed by atoms with van der Waals surface area (Å²) < 4.78 is 5.45. The van der Waals surface area contributed by atoms with Gasteiger partial charge in [-0.05, 0) is 40.0 Å². The standard InChI is InChI=1S/C12H22N2O2/c1-12(2,3)16-11(15)9-6-8-4-7(13)5-10(9)14-8/h7-10,14H,4-6,13H2,1-3H3. The lowest BCUT2D eigenvalue weighted by molar-refractivity contribution is -0.160. The number of carbonyl (C=O) groups is 1. The number of nitrogens with one attached hydrogen (secondary N) is 1. The van der Waals surface area contributed by atoms with Gasteiger partial charge in [0.2, 0.25) is 0 Å². The molecule has 2 aliphatic rings. The zero-order chi connectivity index (χ0) is 11.9. The van der Waals surface area contributed by atoms with Crippen LogP contribution in [0.3, 0.4) is 0 Å². The normalized spacial score (nSPS) is 38.5. The monoisotopic (exact) mass is 226 g/mol. The average molecular weight is 226 g/mol. The molecule has 4 heteroatoms. The summed E-state index contributed by atoms with van der Waals surface area (Å²) in [4.78, 5) is 12.0. The van der Waals surface area contributed by atoms with Crippen LogP contribution in [-0.2, 0) is 9.53 Å². The minimum Gasteiger partial charge on any atom is -0.460 e. The van der Waals surface area contributed by atoms with Gasteiger partial charge in [0.05, 0.1) is 5.92 Å². The van der Waals surface area contributed by atoms with E-state index in [0.717, 1.165) is 19.3 Å². The lowest BCUT2D eigenvalue weighted by Gasteiger charge is -2.28. The zero-order valence-corrected chi connectivity index (χ0v) is 10.3. The molecular weight excluding hydrogens is 204 g/mol. The van der Waals surface area contributed by atoms with Gasteiger partial charge < -0.3 is 15.8 Å². The summed E-state index contributed by atoms with van der Waals surface area (Å²) in [5.41, 5.74) is 5.56. The molecule has 2 saturated heterocycles. The number of nitrogens with two attached hydrogens (primary N) is 1. The SMILES string of the molecule is CC(C)(C)OC(=O)C1CC2CC(N)CC1N2. The van der Waals surface area contributed by atoms with E-state index in [9.17, 15) is 4.79 Å². The van der Waals surface area contributed by atoms with Crippen molar-refractivity contribution in [3.8, 4) is 0 Å². The van der Waals surface area contributed by atoms with Crippen molar-refractivity contribution in [1.82, 2.24) is 5.32 Å². The Kier molecular flexibility index (Phi) is 2.97. The molecule has 2 fully saturated rings. The number of hydrogen-bond donors (Lipinski definition) is 2. The van der Waals surface area contributed by atoms with Crippen LogP contribution in [0.5, 0.6) is 0 Å². The summed E-state index contributed by atoms with van der Waals surface area (Å²) in [6.07, 6.45) is 2.75. The summed E-state index contributed by atoms with van der Waals surface area (Å²) in [6.45, 7) is 5.72. The minimum atomic E-state index is -0.393. The Morgan fingerprint density at radius 1 is 1.31 bits per heavy atom. The highest BCUT2D eigenvalue weighted by Gasteiger charge is 2.44. The Morgan fingerprint density at radius 2 is 2.00 bits per heavy atom. The van der Waals surface area contributed by atoms with Gasteiger partial charge in [-0.2, -0.15) is 0 Å². The van der Waals surface area contributed by atoms with E-state index in [1.807, 2.05) is 20.8 Å². The maximum Gasteiger partial charge on any atom is 0.311 e. The molecule has 0 amide bonds. The summed E-state index contributed by atoms with van der Waals surface area (Å²) in [5, 5.41) is 3.46. The summed E-state index contributed by atoms with van der Waals surface area (Å²) >= 11 is 0. The lowest BCUT2D eigenvalue weighted by atomic mass is 9.96. The molecule has 0 aromatic carbocycles. The van der Waals surface area contributed by atoms with E-state index in [0.29, 0.717) is 6.04 Å². The van der Waals surface area contributed by atoms with Gasteiger partial charge in [0.15, 0.2) is 0 Å². The molecule has 4 nitrogen and oxygen atoms in total. The van der Waals surface area contributed by atoms with Crippen molar-refractivity contribution in [3.05, 3.63) is 0 Å². The fraction of sp³-hybridized carbons (Fsp3) is 0.917. The Labute approximate surface area is 96.9 Å². The molecule has 3 N–H and O–H groups in total. The second kappa shape index (κ2) is 4.00. The molecule has 0 aromatic heterocycles. The van der Waals surface area contributed by atoms with Crippen LogP contribution in [0.4, 0.5) is 0 Å². The van der Waals surface area contributed by atoms with E-state index in [1.54, 1.807) is 0 Å². The number of fused-ring (bicyclic) bond motifs is 2. The highest BCUT2D eigenvalue weighted by Crippen LogP contribution is 2.32. The van der Waals surface area contributed by atoms with Crippen molar-refractivity contribution < 1.29 is 9.53 Å². The average Bonchev–Trinajstić information content (AvgIpc) is 2.38. The summed E-state index contributed by atoms with van der Waals surface area (Å²) in [6, 6.07) is 0.874. The molecule has 0 spiro atoms. The molecule has 2 heterocycles. The first-order valence-electron chi connectivity index (χ1n) is 6.09. The Hall–Kier alpha value is -0.610. The van der Waals surface area contributed by atoms with E-state index >= 15 is 0 Å². The van der Waals surface area contributed by atoms with Crippen LogP contribution in [0.1, 0.15) is 40.0 Å². The Balaban J connectivity index is 1.98. The molecule has 2 bridgehead atoms. The van der Waals surface area contributed by atoms with Crippen molar-refractivity contribution in [3.63, 3.8) is 0 Å². The first-order chi connectivity index (χ1) is 7.35. The van der Waals surface area contributed by atoms with Crippen LogP contribution in [0.15, 0.2) is 0 Å². The van der Waals surface area contributed by atoms with Gasteiger partial charge in [-0.3, -0.25) is 4.79 Å². The van der Waals surface area contributed by atoms with Gasteiger partial charge in [0, 0.05) is 18.1 Å². The lowest BCUT2D eigenvalue weighted by Crippen LogP contribution is -2.46. The third-order valence-corrected chi connectivity index (χ3v) is 3.33. The van der Waals surface area contributed by atoms with Gasteiger partial charge in [-0.25, -0.2) is 0 Å². The quantitative estimate of drug-likeness (QED) is 0.649. The molecule has 4 unspecified atom stereocenters. The van der Waals surface area contributed by atoms with Crippen LogP contribution in [-0.4, -0.2) is 29.7 Å². The van der Waals surface area contributed by atoms with Gasteiger partial charge >= 0.3 is 5.97 Å². The largest absolute Gasteiger partial charge is 0.460 e. The van der Waals surface area contributed by atoms with E-state index in [-0.39, 0.29) is 24.0 Å². The number of ether oxygens (including phenoxy) is 1. The van der Waals surface area contributed by atoms with Gasteiger partial charge in [0.1, 0.15) is 5.60 Å². The molecule has 0 radical (unpaired) electrons. The smallest absolute Gasteiger partial charge is 0.311 e. The molecule has 2 rings (SSSR count). The molecule has 0 aliphatic carbocycles. The van der Waals surface area contributed by atoms with Crippen molar-refractivity contribution in [2.45, 2.75) is 63.8 Å².